The summed E-state index contributed by atoms with van der Waals surface area (Å²) in [6.07, 6.45) is 6.47. The lowest BCUT2D eigenvalue weighted by Crippen LogP contribution is -2.35. The average molecular weight is 262 g/mol. The van der Waals surface area contributed by atoms with E-state index in [0.29, 0.717) is 6.04 Å². The normalized spacial score (nSPS) is 17.3. The van der Waals surface area contributed by atoms with Gasteiger partial charge in [-0.2, -0.15) is 0 Å². The van der Waals surface area contributed by atoms with Crippen molar-refractivity contribution in [3.8, 4) is 0 Å². The fraction of sp³-hybridized carbons (Fsp3) is 0.733. The Hall–Kier alpha value is -1.16. The highest BCUT2D eigenvalue weighted by Crippen LogP contribution is 2.35. The van der Waals surface area contributed by atoms with Crippen LogP contribution in [0.25, 0.3) is 0 Å². The molecule has 0 bridgehead atoms. The Morgan fingerprint density at radius 3 is 2.47 bits per heavy atom. The fourth-order valence-electron chi connectivity index (χ4n) is 2.08. The van der Waals surface area contributed by atoms with Gasteiger partial charge in [-0.1, -0.05) is 0 Å². The minimum Gasteiger partial charge on any atom is -0.355 e. The molecule has 0 radical (unpaired) electrons. The predicted octanol–water partition coefficient (Wildman–Crippen LogP) is 2.60. The van der Waals surface area contributed by atoms with Gasteiger partial charge < -0.3 is 10.2 Å². The first-order valence-corrected chi connectivity index (χ1v) is 7.15. The molecule has 1 atom stereocenters. The first kappa shape index (κ1) is 14.3. The van der Waals surface area contributed by atoms with Crippen LogP contribution in [0, 0.1) is 5.92 Å². The number of rotatable bonds is 5. The highest BCUT2D eigenvalue weighted by Gasteiger charge is 2.31. The summed E-state index contributed by atoms with van der Waals surface area (Å²) in [7, 11) is 2.11. The standard InChI is InChI=1S/C15H26N4/c1-11(12-6-7-12)19(5)14-10-16-13(8-17-14)9-18-15(2,3)4/h8,10-12,18H,6-7,9H2,1-5H3. The van der Waals surface area contributed by atoms with E-state index in [-0.39, 0.29) is 5.54 Å². The van der Waals surface area contributed by atoms with Gasteiger partial charge >= 0.3 is 0 Å². The van der Waals surface area contributed by atoms with Gasteiger partial charge in [0.25, 0.3) is 0 Å². The van der Waals surface area contributed by atoms with Crippen molar-refractivity contribution < 1.29 is 0 Å². The lowest BCUT2D eigenvalue weighted by Gasteiger charge is -2.25. The van der Waals surface area contributed by atoms with Gasteiger partial charge in [0.1, 0.15) is 5.82 Å². The Morgan fingerprint density at radius 2 is 2.00 bits per heavy atom. The minimum atomic E-state index is 0.109. The lowest BCUT2D eigenvalue weighted by atomic mass is 10.1. The second-order valence-electron chi connectivity index (χ2n) is 6.66. The molecule has 1 saturated carbocycles. The molecule has 2 rings (SSSR count). The van der Waals surface area contributed by atoms with E-state index in [2.05, 4.69) is 54.9 Å². The maximum atomic E-state index is 4.53. The van der Waals surface area contributed by atoms with Crippen LogP contribution in [0.2, 0.25) is 0 Å². The molecule has 1 N–H and O–H groups in total. The van der Waals surface area contributed by atoms with E-state index >= 15 is 0 Å². The summed E-state index contributed by atoms with van der Waals surface area (Å²) < 4.78 is 0. The van der Waals surface area contributed by atoms with Crippen molar-refractivity contribution in [2.24, 2.45) is 5.92 Å². The van der Waals surface area contributed by atoms with Crippen LogP contribution in [0.4, 0.5) is 5.82 Å². The summed E-state index contributed by atoms with van der Waals surface area (Å²) in [5.74, 6) is 1.81. The zero-order valence-electron chi connectivity index (χ0n) is 12.8. The maximum Gasteiger partial charge on any atom is 0.147 e. The number of hydrogen-bond acceptors (Lipinski definition) is 4. The van der Waals surface area contributed by atoms with Crippen LogP contribution in [-0.4, -0.2) is 28.6 Å². The monoisotopic (exact) mass is 262 g/mol. The van der Waals surface area contributed by atoms with Crippen LogP contribution in [0.3, 0.4) is 0 Å². The second-order valence-corrected chi connectivity index (χ2v) is 6.66. The van der Waals surface area contributed by atoms with Crippen LogP contribution in [0.15, 0.2) is 12.4 Å². The van der Waals surface area contributed by atoms with Gasteiger partial charge in [-0.3, -0.25) is 4.98 Å². The molecule has 1 aliphatic rings. The van der Waals surface area contributed by atoms with Crippen molar-refractivity contribution >= 4 is 5.82 Å². The van der Waals surface area contributed by atoms with E-state index in [1.807, 2.05) is 12.4 Å². The highest BCUT2D eigenvalue weighted by molar-refractivity contribution is 5.36. The lowest BCUT2D eigenvalue weighted by molar-refractivity contribution is 0.421. The molecule has 0 aliphatic heterocycles. The van der Waals surface area contributed by atoms with Gasteiger partial charge in [0.05, 0.1) is 18.1 Å². The molecule has 4 nitrogen and oxygen atoms in total. The Morgan fingerprint density at radius 1 is 1.32 bits per heavy atom. The highest BCUT2D eigenvalue weighted by atomic mass is 15.2. The molecule has 1 unspecified atom stereocenters. The molecule has 0 aromatic carbocycles. The van der Waals surface area contributed by atoms with Gasteiger partial charge in [0.2, 0.25) is 0 Å². The summed E-state index contributed by atoms with van der Waals surface area (Å²) in [6.45, 7) is 9.49. The van der Waals surface area contributed by atoms with E-state index in [1.54, 1.807) is 0 Å². The molecule has 0 spiro atoms. The summed E-state index contributed by atoms with van der Waals surface area (Å²) >= 11 is 0. The van der Waals surface area contributed by atoms with Crippen LogP contribution in [-0.2, 0) is 6.54 Å². The van der Waals surface area contributed by atoms with Gasteiger partial charge in [0, 0.05) is 25.2 Å². The number of nitrogens with one attached hydrogen (secondary N) is 1. The molecule has 4 heteroatoms. The molecule has 0 saturated heterocycles. The van der Waals surface area contributed by atoms with E-state index < -0.39 is 0 Å². The van der Waals surface area contributed by atoms with E-state index in [9.17, 15) is 0 Å². The Labute approximate surface area is 116 Å². The first-order chi connectivity index (χ1) is 8.87. The van der Waals surface area contributed by atoms with Crippen molar-refractivity contribution in [1.29, 1.82) is 0 Å². The molecule has 1 heterocycles. The predicted molar refractivity (Wildman–Crippen MR) is 79.2 cm³/mol. The maximum absolute atomic E-state index is 4.53. The van der Waals surface area contributed by atoms with Crippen molar-refractivity contribution in [2.45, 2.75) is 58.7 Å². The Kier molecular flexibility index (Phi) is 4.09. The SMILES string of the molecule is CC(C1CC1)N(C)c1cnc(CNC(C)(C)C)cn1. The molecule has 1 aliphatic carbocycles. The zero-order valence-corrected chi connectivity index (χ0v) is 12.8. The molecular formula is C15H26N4. The third-order valence-electron chi connectivity index (χ3n) is 3.77. The average Bonchev–Trinajstić information content (AvgIpc) is 3.18. The topological polar surface area (TPSA) is 41.1 Å². The van der Waals surface area contributed by atoms with Crippen LogP contribution < -0.4 is 10.2 Å². The van der Waals surface area contributed by atoms with Crippen LogP contribution >= 0.6 is 0 Å². The number of anilines is 1. The molecule has 1 aromatic rings. The molecule has 1 aromatic heterocycles. The largest absolute Gasteiger partial charge is 0.355 e. The van der Waals surface area contributed by atoms with Gasteiger partial charge in [-0.05, 0) is 46.5 Å². The summed E-state index contributed by atoms with van der Waals surface area (Å²) in [5, 5.41) is 3.42. The third-order valence-corrected chi connectivity index (χ3v) is 3.77. The summed E-state index contributed by atoms with van der Waals surface area (Å²) in [4.78, 5) is 11.3. The Bertz CT molecular complexity index is 403. The minimum absolute atomic E-state index is 0.109. The molecule has 0 amide bonds. The van der Waals surface area contributed by atoms with Gasteiger partial charge in [-0.25, -0.2) is 4.98 Å². The molecular weight excluding hydrogens is 236 g/mol. The summed E-state index contributed by atoms with van der Waals surface area (Å²) in [6, 6.07) is 0.563. The molecule has 106 valence electrons. The fourth-order valence-corrected chi connectivity index (χ4v) is 2.08. The quantitative estimate of drug-likeness (QED) is 0.885. The van der Waals surface area contributed by atoms with Crippen molar-refractivity contribution in [1.82, 2.24) is 15.3 Å². The van der Waals surface area contributed by atoms with Crippen LogP contribution in [0.5, 0.6) is 0 Å². The van der Waals surface area contributed by atoms with Crippen molar-refractivity contribution in [3.05, 3.63) is 18.1 Å². The van der Waals surface area contributed by atoms with E-state index in [0.717, 1.165) is 24.0 Å². The number of nitrogens with zero attached hydrogens (tertiary/aromatic N) is 3. The number of aromatic nitrogens is 2. The van der Waals surface area contributed by atoms with Crippen LogP contribution in [0.1, 0.15) is 46.2 Å². The third kappa shape index (κ3) is 4.16. The molecule has 19 heavy (non-hydrogen) atoms. The number of hydrogen-bond donors (Lipinski definition) is 1. The van der Waals surface area contributed by atoms with Crippen molar-refractivity contribution in [2.75, 3.05) is 11.9 Å². The first-order valence-electron chi connectivity index (χ1n) is 7.15. The second kappa shape index (κ2) is 5.45. The summed E-state index contributed by atoms with van der Waals surface area (Å²) in [5.41, 5.74) is 1.10. The van der Waals surface area contributed by atoms with E-state index in [4.69, 9.17) is 0 Å². The van der Waals surface area contributed by atoms with Gasteiger partial charge in [0.15, 0.2) is 0 Å². The van der Waals surface area contributed by atoms with Gasteiger partial charge in [-0.15, -0.1) is 0 Å². The zero-order chi connectivity index (χ0) is 14.0. The molecule has 1 fully saturated rings. The van der Waals surface area contributed by atoms with Crippen molar-refractivity contribution in [3.63, 3.8) is 0 Å². The van der Waals surface area contributed by atoms with E-state index in [1.165, 1.54) is 12.8 Å². The smallest absolute Gasteiger partial charge is 0.147 e. The Balaban J connectivity index is 1.93.